The van der Waals surface area contributed by atoms with Crippen molar-refractivity contribution in [2.24, 2.45) is 0 Å². The smallest absolute Gasteiger partial charge is 0.111 e. The first-order chi connectivity index (χ1) is 8.41. The van der Waals surface area contributed by atoms with Crippen LogP contribution in [0.4, 0.5) is 0 Å². The second-order valence-corrected chi connectivity index (χ2v) is 4.52. The van der Waals surface area contributed by atoms with E-state index in [1.54, 1.807) is 6.26 Å². The highest BCUT2D eigenvalue weighted by Crippen LogP contribution is 1.99. The first kappa shape index (κ1) is 16.4. The molecule has 0 unspecified atom stereocenters. The predicted molar refractivity (Wildman–Crippen MR) is 74.3 cm³/mol. The van der Waals surface area contributed by atoms with Gasteiger partial charge >= 0.3 is 0 Å². The van der Waals surface area contributed by atoms with Gasteiger partial charge in [0.2, 0.25) is 0 Å². The van der Waals surface area contributed by atoms with E-state index in [1.807, 2.05) is 11.8 Å². The molecule has 0 heterocycles. The molecule has 0 aromatic rings. The second kappa shape index (κ2) is 15.4. The molecule has 0 rings (SSSR count). The Morgan fingerprint density at radius 2 is 1.88 bits per heavy atom. The fourth-order valence-electron chi connectivity index (χ4n) is 0.990. The minimum absolute atomic E-state index is 0.583. The predicted octanol–water partition coefficient (Wildman–Crippen LogP) is 3.23. The zero-order valence-corrected chi connectivity index (χ0v) is 11.5. The van der Waals surface area contributed by atoms with Crippen LogP contribution in [0.1, 0.15) is 19.8 Å². The monoisotopic (exact) mass is 260 g/mol. The minimum Gasteiger partial charge on any atom is -0.501 e. The standard InChI is InChI=1S/C13H24O3S/c1-3-5-6-7-15-10-12-17-13-11-16-9-8-14-4-2/h4,6-7H,2-3,5,8-13H2,1H3. The van der Waals surface area contributed by atoms with Crippen molar-refractivity contribution in [3.8, 4) is 0 Å². The van der Waals surface area contributed by atoms with Crippen LogP contribution in [0.25, 0.3) is 0 Å². The Morgan fingerprint density at radius 3 is 2.65 bits per heavy atom. The topological polar surface area (TPSA) is 27.7 Å². The molecule has 0 bridgehead atoms. The SMILES string of the molecule is C=COCCOCCSCCOC=CCCC. The van der Waals surface area contributed by atoms with E-state index >= 15 is 0 Å². The van der Waals surface area contributed by atoms with Gasteiger partial charge in [-0.25, -0.2) is 0 Å². The summed E-state index contributed by atoms with van der Waals surface area (Å²) in [5, 5.41) is 0. The van der Waals surface area contributed by atoms with E-state index in [0.29, 0.717) is 13.2 Å². The van der Waals surface area contributed by atoms with Gasteiger partial charge in [0.25, 0.3) is 0 Å². The number of unbranched alkanes of at least 4 members (excludes halogenated alkanes) is 1. The van der Waals surface area contributed by atoms with Crippen molar-refractivity contribution in [3.63, 3.8) is 0 Å². The molecule has 0 saturated heterocycles. The van der Waals surface area contributed by atoms with Gasteiger partial charge in [-0.1, -0.05) is 19.9 Å². The van der Waals surface area contributed by atoms with Crippen LogP contribution in [0.3, 0.4) is 0 Å². The molecule has 0 spiro atoms. The van der Waals surface area contributed by atoms with Gasteiger partial charge in [-0.2, -0.15) is 11.8 Å². The van der Waals surface area contributed by atoms with Gasteiger partial charge in [0.15, 0.2) is 0 Å². The van der Waals surface area contributed by atoms with Crippen LogP contribution in [0, 0.1) is 0 Å². The lowest BCUT2D eigenvalue weighted by molar-refractivity contribution is 0.0951. The number of hydrogen-bond donors (Lipinski definition) is 0. The van der Waals surface area contributed by atoms with Crippen molar-refractivity contribution in [2.45, 2.75) is 19.8 Å². The van der Waals surface area contributed by atoms with Crippen molar-refractivity contribution >= 4 is 11.8 Å². The Hall–Kier alpha value is -0.610. The molecule has 0 aliphatic carbocycles. The summed E-state index contributed by atoms with van der Waals surface area (Å²) in [4.78, 5) is 0. The van der Waals surface area contributed by atoms with Crippen LogP contribution in [0.2, 0.25) is 0 Å². The van der Waals surface area contributed by atoms with E-state index in [9.17, 15) is 0 Å². The van der Waals surface area contributed by atoms with Crippen molar-refractivity contribution in [1.29, 1.82) is 0 Å². The third-order valence-corrected chi connectivity index (χ3v) is 2.74. The fourth-order valence-corrected chi connectivity index (χ4v) is 1.64. The van der Waals surface area contributed by atoms with Crippen LogP contribution < -0.4 is 0 Å². The van der Waals surface area contributed by atoms with Gasteiger partial charge in [-0.15, -0.1) is 0 Å². The van der Waals surface area contributed by atoms with Gasteiger partial charge in [-0.3, -0.25) is 0 Å². The van der Waals surface area contributed by atoms with Gasteiger partial charge in [0, 0.05) is 11.5 Å². The summed E-state index contributed by atoms with van der Waals surface area (Å²) in [5.41, 5.74) is 0. The van der Waals surface area contributed by atoms with Crippen LogP contribution in [0.5, 0.6) is 0 Å². The Kier molecular flexibility index (Phi) is 14.8. The number of allylic oxidation sites excluding steroid dienone is 1. The van der Waals surface area contributed by atoms with Crippen molar-refractivity contribution < 1.29 is 14.2 Å². The molecule has 0 aromatic carbocycles. The third kappa shape index (κ3) is 15.4. The van der Waals surface area contributed by atoms with E-state index in [4.69, 9.17) is 14.2 Å². The van der Waals surface area contributed by atoms with E-state index in [-0.39, 0.29) is 0 Å². The van der Waals surface area contributed by atoms with E-state index < -0.39 is 0 Å². The lowest BCUT2D eigenvalue weighted by Crippen LogP contribution is -2.05. The summed E-state index contributed by atoms with van der Waals surface area (Å²) < 4.78 is 15.6. The molecule has 3 nitrogen and oxygen atoms in total. The van der Waals surface area contributed by atoms with Crippen molar-refractivity contribution in [1.82, 2.24) is 0 Å². The quantitative estimate of drug-likeness (QED) is 0.375. The Balaban J connectivity index is 2.96. The van der Waals surface area contributed by atoms with Crippen LogP contribution in [-0.4, -0.2) is 37.9 Å². The summed E-state index contributed by atoms with van der Waals surface area (Å²) in [7, 11) is 0. The molecule has 0 aliphatic rings. The average molecular weight is 260 g/mol. The summed E-state index contributed by atoms with van der Waals surface area (Å²) in [6, 6.07) is 0. The third-order valence-electron chi connectivity index (χ3n) is 1.83. The van der Waals surface area contributed by atoms with E-state index in [2.05, 4.69) is 19.6 Å². The lowest BCUT2D eigenvalue weighted by atomic mass is 10.3. The van der Waals surface area contributed by atoms with Crippen molar-refractivity contribution in [2.75, 3.05) is 37.9 Å². The lowest BCUT2D eigenvalue weighted by Gasteiger charge is -2.04. The highest BCUT2D eigenvalue weighted by molar-refractivity contribution is 7.99. The summed E-state index contributed by atoms with van der Waals surface area (Å²) in [6.07, 6.45) is 7.55. The average Bonchev–Trinajstić information content (AvgIpc) is 2.35. The first-order valence-corrected chi connectivity index (χ1v) is 7.22. The number of hydrogen-bond acceptors (Lipinski definition) is 4. The van der Waals surface area contributed by atoms with E-state index in [0.717, 1.165) is 31.1 Å². The Labute approximate surface area is 109 Å². The molecule has 0 radical (unpaired) electrons. The van der Waals surface area contributed by atoms with Crippen LogP contribution in [-0.2, 0) is 14.2 Å². The molecular formula is C13H24O3S. The Bertz CT molecular complexity index is 184. The highest BCUT2D eigenvalue weighted by atomic mass is 32.2. The molecule has 0 amide bonds. The first-order valence-electron chi connectivity index (χ1n) is 6.06. The molecule has 0 aromatic heterocycles. The molecule has 0 aliphatic heterocycles. The zero-order valence-electron chi connectivity index (χ0n) is 10.7. The molecule has 0 saturated carbocycles. The van der Waals surface area contributed by atoms with Gasteiger partial charge in [-0.05, 0) is 12.5 Å². The summed E-state index contributed by atoms with van der Waals surface area (Å²) in [5.74, 6) is 2.00. The largest absolute Gasteiger partial charge is 0.501 e. The summed E-state index contributed by atoms with van der Waals surface area (Å²) in [6.45, 7) is 8.35. The maximum atomic E-state index is 5.35. The molecule has 4 heteroatoms. The molecular weight excluding hydrogens is 236 g/mol. The normalized spacial score (nSPS) is 10.6. The Morgan fingerprint density at radius 1 is 1.06 bits per heavy atom. The highest BCUT2D eigenvalue weighted by Gasteiger charge is 1.90. The number of thioether (sulfide) groups is 1. The second-order valence-electron chi connectivity index (χ2n) is 3.29. The maximum absolute atomic E-state index is 5.35. The van der Waals surface area contributed by atoms with Gasteiger partial charge < -0.3 is 14.2 Å². The minimum atomic E-state index is 0.583. The van der Waals surface area contributed by atoms with Crippen LogP contribution in [0.15, 0.2) is 25.2 Å². The molecule has 0 fully saturated rings. The van der Waals surface area contributed by atoms with Gasteiger partial charge in [0.05, 0.1) is 32.3 Å². The molecule has 0 N–H and O–H groups in total. The van der Waals surface area contributed by atoms with E-state index in [1.165, 1.54) is 12.7 Å². The number of ether oxygens (including phenoxy) is 3. The fraction of sp³-hybridized carbons (Fsp3) is 0.692. The zero-order chi connectivity index (χ0) is 12.6. The molecule has 0 atom stereocenters. The summed E-state index contributed by atoms with van der Waals surface area (Å²) >= 11 is 1.84. The maximum Gasteiger partial charge on any atom is 0.111 e. The molecule has 17 heavy (non-hydrogen) atoms. The van der Waals surface area contributed by atoms with Crippen molar-refractivity contribution in [3.05, 3.63) is 25.2 Å². The number of rotatable bonds is 13. The molecule has 100 valence electrons. The van der Waals surface area contributed by atoms with Crippen LogP contribution >= 0.6 is 11.8 Å². The van der Waals surface area contributed by atoms with Gasteiger partial charge in [0.1, 0.15) is 6.61 Å².